The molecule has 120 valence electrons. The van der Waals surface area contributed by atoms with Gasteiger partial charge in [0.05, 0.1) is 11.5 Å². The van der Waals surface area contributed by atoms with Gasteiger partial charge in [0.2, 0.25) is 5.90 Å². The number of hydrogen-bond donors (Lipinski definition) is 0. The quantitative estimate of drug-likeness (QED) is 0.790. The van der Waals surface area contributed by atoms with E-state index in [1.54, 1.807) is 12.1 Å². The van der Waals surface area contributed by atoms with Gasteiger partial charge < -0.3 is 4.74 Å². The number of benzene rings is 2. The van der Waals surface area contributed by atoms with E-state index in [4.69, 9.17) is 8.92 Å². The molecular weight excluding hydrogens is 314 g/mol. The monoisotopic (exact) mass is 331 g/mol. The molecule has 0 saturated carbocycles. The fraction of sp³-hybridized carbons (Fsp3) is 0.235. The molecule has 3 rings (SSSR count). The summed E-state index contributed by atoms with van der Waals surface area (Å²) in [4.78, 5) is 4.52. The normalized spacial score (nSPS) is 17.6. The van der Waals surface area contributed by atoms with E-state index < -0.39 is 10.1 Å². The SMILES string of the molecule is Cc1ccc(S(=O)(=O)OCC2COC(c3ccccc3)=N2)cc1. The third kappa shape index (κ3) is 3.78. The minimum absolute atomic E-state index is 0.0352. The first kappa shape index (κ1) is 15.7. The van der Waals surface area contributed by atoms with Crippen LogP contribution in [0.5, 0.6) is 0 Å². The van der Waals surface area contributed by atoms with Crippen molar-refractivity contribution < 1.29 is 17.3 Å². The lowest BCUT2D eigenvalue weighted by molar-refractivity contribution is 0.246. The smallest absolute Gasteiger partial charge is 0.297 e. The van der Waals surface area contributed by atoms with Crippen molar-refractivity contribution >= 4 is 16.0 Å². The Hall–Kier alpha value is -2.18. The van der Waals surface area contributed by atoms with Crippen LogP contribution in [-0.4, -0.2) is 33.6 Å². The van der Waals surface area contributed by atoms with Crippen LogP contribution >= 0.6 is 0 Å². The summed E-state index contributed by atoms with van der Waals surface area (Å²) >= 11 is 0. The average molecular weight is 331 g/mol. The van der Waals surface area contributed by atoms with Gasteiger partial charge in [-0.1, -0.05) is 35.9 Å². The van der Waals surface area contributed by atoms with Crippen molar-refractivity contribution in [3.05, 3.63) is 65.7 Å². The Morgan fingerprint density at radius 2 is 1.83 bits per heavy atom. The maximum atomic E-state index is 12.1. The first-order valence-corrected chi connectivity index (χ1v) is 8.67. The third-order valence-corrected chi connectivity index (χ3v) is 4.75. The van der Waals surface area contributed by atoms with Crippen molar-refractivity contribution in [3.8, 4) is 0 Å². The molecule has 23 heavy (non-hydrogen) atoms. The Morgan fingerprint density at radius 3 is 2.52 bits per heavy atom. The lowest BCUT2D eigenvalue weighted by atomic mass is 10.2. The molecule has 0 spiro atoms. The summed E-state index contributed by atoms with van der Waals surface area (Å²) in [5, 5.41) is 0. The van der Waals surface area contributed by atoms with E-state index >= 15 is 0 Å². The number of aliphatic imine (C=N–C) groups is 1. The number of ether oxygens (including phenoxy) is 1. The van der Waals surface area contributed by atoms with Crippen LogP contribution in [0.4, 0.5) is 0 Å². The van der Waals surface area contributed by atoms with Crippen LogP contribution in [0.15, 0.2) is 64.5 Å². The Kier molecular flexibility index (Phi) is 4.45. The van der Waals surface area contributed by atoms with Crippen LogP contribution in [-0.2, 0) is 19.0 Å². The molecule has 1 unspecified atom stereocenters. The highest BCUT2D eigenvalue weighted by Gasteiger charge is 2.23. The van der Waals surface area contributed by atoms with Gasteiger partial charge in [0.25, 0.3) is 10.1 Å². The van der Waals surface area contributed by atoms with Crippen LogP contribution in [0.25, 0.3) is 0 Å². The molecule has 1 aliphatic rings. The highest BCUT2D eigenvalue weighted by molar-refractivity contribution is 7.86. The Balaban J connectivity index is 1.65. The van der Waals surface area contributed by atoms with E-state index in [1.165, 1.54) is 12.1 Å². The van der Waals surface area contributed by atoms with Crippen molar-refractivity contribution in [1.29, 1.82) is 0 Å². The summed E-state index contributed by atoms with van der Waals surface area (Å²) < 4.78 is 34.9. The topological polar surface area (TPSA) is 65.0 Å². The zero-order valence-electron chi connectivity index (χ0n) is 12.7. The molecule has 5 nitrogen and oxygen atoms in total. The lowest BCUT2D eigenvalue weighted by Crippen LogP contribution is -2.18. The fourth-order valence-electron chi connectivity index (χ4n) is 2.18. The van der Waals surface area contributed by atoms with Crippen LogP contribution in [0.3, 0.4) is 0 Å². The molecule has 0 amide bonds. The van der Waals surface area contributed by atoms with Crippen LogP contribution in [0, 0.1) is 6.92 Å². The summed E-state index contributed by atoms with van der Waals surface area (Å²) in [5.41, 5.74) is 1.86. The number of aryl methyl sites for hydroxylation is 1. The van der Waals surface area contributed by atoms with Crippen molar-refractivity contribution in [2.75, 3.05) is 13.2 Å². The maximum Gasteiger partial charge on any atom is 0.297 e. The second-order valence-electron chi connectivity index (χ2n) is 5.32. The van der Waals surface area contributed by atoms with Crippen LogP contribution in [0.2, 0.25) is 0 Å². The lowest BCUT2D eigenvalue weighted by Gasteiger charge is -2.07. The van der Waals surface area contributed by atoms with E-state index in [1.807, 2.05) is 37.3 Å². The van der Waals surface area contributed by atoms with Gasteiger partial charge in [0.1, 0.15) is 12.6 Å². The van der Waals surface area contributed by atoms with Gasteiger partial charge in [0, 0.05) is 5.56 Å². The highest BCUT2D eigenvalue weighted by Crippen LogP contribution is 2.16. The molecule has 1 atom stereocenters. The second-order valence-corrected chi connectivity index (χ2v) is 6.93. The summed E-state index contributed by atoms with van der Waals surface area (Å²) in [6, 6.07) is 15.7. The van der Waals surface area contributed by atoms with Crippen molar-refractivity contribution in [2.24, 2.45) is 4.99 Å². The average Bonchev–Trinajstić information content (AvgIpc) is 3.03. The number of hydrogen-bond acceptors (Lipinski definition) is 5. The number of nitrogens with zero attached hydrogens (tertiary/aromatic N) is 1. The van der Waals surface area contributed by atoms with Gasteiger partial charge in [0.15, 0.2) is 0 Å². The van der Waals surface area contributed by atoms with Gasteiger partial charge >= 0.3 is 0 Å². The van der Waals surface area contributed by atoms with Crippen LogP contribution < -0.4 is 0 Å². The first-order valence-electron chi connectivity index (χ1n) is 7.27. The Bertz CT molecular complexity index is 798. The predicted molar refractivity (Wildman–Crippen MR) is 87.0 cm³/mol. The molecule has 0 bridgehead atoms. The molecule has 1 aliphatic heterocycles. The van der Waals surface area contributed by atoms with E-state index in [0.29, 0.717) is 12.5 Å². The molecule has 0 fully saturated rings. The predicted octanol–water partition coefficient (Wildman–Crippen LogP) is 2.55. The van der Waals surface area contributed by atoms with Crippen LogP contribution in [0.1, 0.15) is 11.1 Å². The highest BCUT2D eigenvalue weighted by atomic mass is 32.2. The Morgan fingerprint density at radius 1 is 1.13 bits per heavy atom. The maximum absolute atomic E-state index is 12.1. The molecule has 2 aromatic carbocycles. The summed E-state index contributed by atoms with van der Waals surface area (Å²) in [6.45, 7) is 2.17. The van der Waals surface area contributed by atoms with Gasteiger partial charge in [-0.05, 0) is 31.2 Å². The summed E-state index contributed by atoms with van der Waals surface area (Å²) in [5.74, 6) is 0.520. The van der Waals surface area contributed by atoms with Gasteiger partial charge in [-0.15, -0.1) is 0 Å². The van der Waals surface area contributed by atoms with Gasteiger partial charge in [-0.3, -0.25) is 4.18 Å². The molecule has 2 aromatic rings. The summed E-state index contributed by atoms with van der Waals surface area (Å²) in [6.07, 6.45) is 0. The van der Waals surface area contributed by atoms with E-state index in [2.05, 4.69) is 4.99 Å². The number of rotatable bonds is 5. The van der Waals surface area contributed by atoms with Gasteiger partial charge in [-0.2, -0.15) is 8.42 Å². The van der Waals surface area contributed by atoms with Crippen molar-refractivity contribution in [3.63, 3.8) is 0 Å². The Labute approximate surface area is 135 Å². The van der Waals surface area contributed by atoms with Gasteiger partial charge in [-0.25, -0.2) is 4.99 Å². The molecule has 0 radical (unpaired) electrons. The minimum atomic E-state index is -3.77. The molecule has 0 saturated heterocycles. The molecule has 0 N–H and O–H groups in total. The first-order chi connectivity index (χ1) is 11.0. The van der Waals surface area contributed by atoms with Crippen molar-refractivity contribution in [2.45, 2.75) is 17.9 Å². The third-order valence-electron chi connectivity index (χ3n) is 3.46. The molecule has 0 aliphatic carbocycles. The molecule has 0 aromatic heterocycles. The largest absolute Gasteiger partial charge is 0.475 e. The standard InChI is InChI=1S/C17H17NO4S/c1-13-7-9-16(10-8-13)23(19,20)22-12-15-11-21-17(18-15)14-5-3-2-4-6-14/h2-10,15H,11-12H2,1H3. The van der Waals surface area contributed by atoms with E-state index in [0.717, 1.165) is 11.1 Å². The fourth-order valence-corrected chi connectivity index (χ4v) is 3.12. The second kappa shape index (κ2) is 6.52. The summed E-state index contributed by atoms with van der Waals surface area (Å²) in [7, 11) is -3.77. The zero-order chi connectivity index (χ0) is 16.3. The molecular formula is C17H17NO4S. The van der Waals surface area contributed by atoms with Crippen molar-refractivity contribution in [1.82, 2.24) is 0 Å². The minimum Gasteiger partial charge on any atom is -0.475 e. The van der Waals surface area contributed by atoms with E-state index in [9.17, 15) is 8.42 Å². The zero-order valence-corrected chi connectivity index (χ0v) is 13.5. The van der Waals surface area contributed by atoms with E-state index in [-0.39, 0.29) is 17.5 Å². The molecule has 6 heteroatoms. The molecule has 1 heterocycles.